The van der Waals surface area contributed by atoms with Gasteiger partial charge in [-0.15, -0.1) is 0 Å². The van der Waals surface area contributed by atoms with Crippen molar-refractivity contribution in [2.75, 3.05) is 6.54 Å². The van der Waals surface area contributed by atoms with E-state index in [2.05, 4.69) is 32.0 Å². The zero-order valence-corrected chi connectivity index (χ0v) is 11.6. The molecule has 0 aromatic heterocycles. The van der Waals surface area contributed by atoms with Gasteiger partial charge in [-0.25, -0.2) is 0 Å². The zero-order chi connectivity index (χ0) is 13.0. The average molecular weight is 247 g/mol. The lowest BCUT2D eigenvalue weighted by atomic mass is 9.78. The van der Waals surface area contributed by atoms with Crippen LogP contribution in [0.4, 0.5) is 0 Å². The second-order valence-corrected chi connectivity index (χ2v) is 5.50. The average Bonchev–Trinajstić information content (AvgIpc) is 2.41. The molecular weight excluding hydrogens is 222 g/mol. The lowest BCUT2D eigenvalue weighted by Crippen LogP contribution is -2.38. The van der Waals surface area contributed by atoms with Gasteiger partial charge in [0.25, 0.3) is 0 Å². The predicted octanol–water partition coefficient (Wildman–Crippen LogP) is 3.53. The molecule has 0 spiro atoms. The Balaban J connectivity index is 2.07. The van der Waals surface area contributed by atoms with Gasteiger partial charge in [0.1, 0.15) is 11.9 Å². The minimum Gasteiger partial charge on any atom is -0.490 e. The summed E-state index contributed by atoms with van der Waals surface area (Å²) in [5, 5.41) is 0. The Morgan fingerprint density at radius 2 is 2.06 bits per heavy atom. The molecular formula is C16H25NO. The van der Waals surface area contributed by atoms with Crippen LogP contribution >= 0.6 is 0 Å². The molecule has 100 valence electrons. The lowest BCUT2D eigenvalue weighted by Gasteiger charge is -2.35. The van der Waals surface area contributed by atoms with Crippen LogP contribution in [0, 0.1) is 18.8 Å². The first-order valence-electron chi connectivity index (χ1n) is 7.17. The molecule has 1 aliphatic carbocycles. The first kappa shape index (κ1) is 13.4. The van der Waals surface area contributed by atoms with Crippen molar-refractivity contribution in [3.63, 3.8) is 0 Å². The highest BCUT2D eigenvalue weighted by molar-refractivity contribution is 5.32. The van der Waals surface area contributed by atoms with E-state index in [1.165, 1.54) is 24.8 Å². The van der Waals surface area contributed by atoms with Gasteiger partial charge in [0.15, 0.2) is 0 Å². The van der Waals surface area contributed by atoms with Crippen molar-refractivity contribution >= 4 is 0 Å². The number of hydrogen-bond donors (Lipinski definition) is 1. The van der Waals surface area contributed by atoms with E-state index in [0.29, 0.717) is 12.0 Å². The Hall–Kier alpha value is -1.02. The topological polar surface area (TPSA) is 35.2 Å². The van der Waals surface area contributed by atoms with Gasteiger partial charge < -0.3 is 10.5 Å². The van der Waals surface area contributed by atoms with E-state index in [-0.39, 0.29) is 0 Å². The quantitative estimate of drug-likeness (QED) is 0.883. The monoisotopic (exact) mass is 247 g/mol. The molecule has 0 heterocycles. The third kappa shape index (κ3) is 3.05. The van der Waals surface area contributed by atoms with Crippen LogP contribution in [0.15, 0.2) is 24.3 Å². The number of rotatable bonds is 4. The molecule has 0 amide bonds. The highest BCUT2D eigenvalue weighted by atomic mass is 16.5. The summed E-state index contributed by atoms with van der Waals surface area (Å²) >= 11 is 0. The number of benzene rings is 1. The number of aryl methyl sites for hydroxylation is 1. The maximum atomic E-state index is 6.24. The van der Waals surface area contributed by atoms with Crippen molar-refractivity contribution in [1.82, 2.24) is 0 Å². The fourth-order valence-corrected chi connectivity index (χ4v) is 2.91. The summed E-state index contributed by atoms with van der Waals surface area (Å²) in [6, 6.07) is 8.27. The van der Waals surface area contributed by atoms with Gasteiger partial charge in [0.2, 0.25) is 0 Å². The SMILES string of the molecule is CCC1CCC(CN)C(Oc2ccccc2C)C1. The van der Waals surface area contributed by atoms with E-state index in [1.54, 1.807) is 0 Å². The van der Waals surface area contributed by atoms with Gasteiger partial charge in [0, 0.05) is 5.92 Å². The fourth-order valence-electron chi connectivity index (χ4n) is 2.91. The molecule has 0 radical (unpaired) electrons. The van der Waals surface area contributed by atoms with Crippen LogP contribution in [0.2, 0.25) is 0 Å². The van der Waals surface area contributed by atoms with Gasteiger partial charge in [-0.3, -0.25) is 0 Å². The van der Waals surface area contributed by atoms with Crippen LogP contribution in [0.5, 0.6) is 5.75 Å². The summed E-state index contributed by atoms with van der Waals surface area (Å²) in [4.78, 5) is 0. The summed E-state index contributed by atoms with van der Waals surface area (Å²) in [5.74, 6) is 2.35. The first-order chi connectivity index (χ1) is 8.74. The van der Waals surface area contributed by atoms with Crippen molar-refractivity contribution in [3.05, 3.63) is 29.8 Å². The predicted molar refractivity (Wildman–Crippen MR) is 75.8 cm³/mol. The molecule has 2 rings (SSSR count). The molecule has 2 nitrogen and oxygen atoms in total. The van der Waals surface area contributed by atoms with Crippen molar-refractivity contribution in [3.8, 4) is 5.75 Å². The van der Waals surface area contributed by atoms with Crippen LogP contribution in [0.1, 0.15) is 38.2 Å². The summed E-state index contributed by atoms with van der Waals surface area (Å²) in [6.45, 7) is 5.12. The molecule has 2 heteroatoms. The Labute approximate surface area is 111 Å². The van der Waals surface area contributed by atoms with Gasteiger partial charge in [-0.1, -0.05) is 31.5 Å². The molecule has 0 saturated heterocycles. The summed E-state index contributed by atoms with van der Waals surface area (Å²) in [6.07, 6.45) is 5.24. The maximum absolute atomic E-state index is 6.24. The molecule has 1 saturated carbocycles. The molecule has 1 aliphatic rings. The molecule has 0 bridgehead atoms. The van der Waals surface area contributed by atoms with Crippen molar-refractivity contribution in [2.24, 2.45) is 17.6 Å². The largest absolute Gasteiger partial charge is 0.490 e. The van der Waals surface area contributed by atoms with Gasteiger partial charge in [0.05, 0.1) is 0 Å². The number of para-hydroxylation sites is 1. The summed E-state index contributed by atoms with van der Waals surface area (Å²) < 4.78 is 6.24. The van der Waals surface area contributed by atoms with Gasteiger partial charge in [-0.2, -0.15) is 0 Å². The van der Waals surface area contributed by atoms with Crippen molar-refractivity contribution in [1.29, 1.82) is 0 Å². The molecule has 0 aliphatic heterocycles. The van der Waals surface area contributed by atoms with Crippen LogP contribution in [0.25, 0.3) is 0 Å². The Morgan fingerprint density at radius 3 is 2.72 bits per heavy atom. The van der Waals surface area contributed by atoms with Crippen LogP contribution in [-0.2, 0) is 0 Å². The summed E-state index contributed by atoms with van der Waals surface area (Å²) in [7, 11) is 0. The normalized spacial score (nSPS) is 28.1. The van der Waals surface area contributed by atoms with E-state index in [9.17, 15) is 0 Å². The minimum atomic E-state index is 0.301. The number of ether oxygens (including phenoxy) is 1. The van der Waals surface area contributed by atoms with Crippen LogP contribution in [-0.4, -0.2) is 12.6 Å². The minimum absolute atomic E-state index is 0.301. The van der Waals surface area contributed by atoms with E-state index >= 15 is 0 Å². The lowest BCUT2D eigenvalue weighted by molar-refractivity contribution is 0.0678. The maximum Gasteiger partial charge on any atom is 0.122 e. The fraction of sp³-hybridized carbons (Fsp3) is 0.625. The van der Waals surface area contributed by atoms with Crippen LogP contribution < -0.4 is 10.5 Å². The van der Waals surface area contributed by atoms with E-state index < -0.39 is 0 Å². The molecule has 18 heavy (non-hydrogen) atoms. The Kier molecular flexibility index (Phi) is 4.65. The van der Waals surface area contributed by atoms with Crippen molar-refractivity contribution < 1.29 is 4.74 Å². The highest BCUT2D eigenvalue weighted by Gasteiger charge is 2.30. The molecule has 1 fully saturated rings. The smallest absolute Gasteiger partial charge is 0.122 e. The first-order valence-corrected chi connectivity index (χ1v) is 7.17. The third-order valence-electron chi connectivity index (χ3n) is 4.29. The molecule has 2 N–H and O–H groups in total. The third-order valence-corrected chi connectivity index (χ3v) is 4.29. The summed E-state index contributed by atoms with van der Waals surface area (Å²) in [5.41, 5.74) is 7.11. The van der Waals surface area contributed by atoms with Crippen molar-refractivity contribution in [2.45, 2.75) is 45.6 Å². The molecule has 3 atom stereocenters. The van der Waals surface area contributed by atoms with E-state index in [0.717, 1.165) is 24.6 Å². The van der Waals surface area contributed by atoms with E-state index in [1.807, 2.05) is 6.07 Å². The van der Waals surface area contributed by atoms with Gasteiger partial charge in [-0.05, 0) is 50.3 Å². The standard InChI is InChI=1S/C16H25NO/c1-3-13-8-9-14(11-17)16(10-13)18-15-7-5-4-6-12(15)2/h4-7,13-14,16H,3,8-11,17H2,1-2H3. The molecule has 3 unspecified atom stereocenters. The number of nitrogens with two attached hydrogens (primary N) is 1. The van der Waals surface area contributed by atoms with E-state index in [4.69, 9.17) is 10.5 Å². The Morgan fingerprint density at radius 1 is 1.28 bits per heavy atom. The van der Waals surface area contributed by atoms with Gasteiger partial charge >= 0.3 is 0 Å². The second kappa shape index (κ2) is 6.24. The highest BCUT2D eigenvalue weighted by Crippen LogP contribution is 2.33. The second-order valence-electron chi connectivity index (χ2n) is 5.50. The molecule has 1 aromatic carbocycles. The molecule has 1 aromatic rings. The van der Waals surface area contributed by atoms with Crippen LogP contribution in [0.3, 0.4) is 0 Å². The number of hydrogen-bond acceptors (Lipinski definition) is 2. The zero-order valence-electron chi connectivity index (χ0n) is 11.6. The Bertz CT molecular complexity index is 377.